The smallest absolute Gasteiger partial charge is 0.224 e. The molecule has 0 aliphatic carbocycles. The Morgan fingerprint density at radius 1 is 1.29 bits per heavy atom. The molecule has 0 bridgehead atoms. The van der Waals surface area contributed by atoms with Crippen LogP contribution in [0.3, 0.4) is 0 Å². The minimum Gasteiger partial charge on any atom is -0.463 e. The predicted octanol–water partition coefficient (Wildman–Crippen LogP) is 3.23. The van der Waals surface area contributed by atoms with Gasteiger partial charge in [0.2, 0.25) is 5.91 Å². The lowest BCUT2D eigenvalue weighted by Crippen LogP contribution is -2.27. The van der Waals surface area contributed by atoms with Crippen molar-refractivity contribution in [2.24, 2.45) is 7.05 Å². The number of nitrogens with zero attached hydrogens (tertiary/aromatic N) is 2. The first kappa shape index (κ1) is 16.3. The van der Waals surface area contributed by atoms with Crippen molar-refractivity contribution < 1.29 is 9.21 Å². The van der Waals surface area contributed by atoms with Crippen LogP contribution in [0.1, 0.15) is 11.4 Å². The maximum atomic E-state index is 12.0. The van der Waals surface area contributed by atoms with Crippen molar-refractivity contribution >= 4 is 17.5 Å². The van der Waals surface area contributed by atoms with Crippen molar-refractivity contribution in [3.8, 4) is 11.5 Å². The average Bonchev–Trinajstić information content (AvgIpc) is 3.20. The number of carbonyl (C=O) groups is 1. The summed E-state index contributed by atoms with van der Waals surface area (Å²) in [7, 11) is 1.93. The van der Waals surface area contributed by atoms with E-state index in [9.17, 15) is 4.79 Å². The topological polar surface area (TPSA) is 60.1 Å². The first-order valence-corrected chi connectivity index (χ1v) is 8.07. The van der Waals surface area contributed by atoms with Crippen molar-refractivity contribution in [3.05, 3.63) is 65.3 Å². The van der Waals surface area contributed by atoms with Crippen LogP contribution < -0.4 is 5.32 Å². The summed E-state index contributed by atoms with van der Waals surface area (Å²) in [5.74, 6) is 1.57. The zero-order valence-corrected chi connectivity index (χ0v) is 14.1. The van der Waals surface area contributed by atoms with E-state index in [-0.39, 0.29) is 12.3 Å². The third-order valence-corrected chi connectivity index (χ3v) is 4.09. The van der Waals surface area contributed by atoms with Crippen LogP contribution in [0.2, 0.25) is 5.02 Å². The van der Waals surface area contributed by atoms with Gasteiger partial charge in [0.15, 0.2) is 5.76 Å². The number of imidazole rings is 1. The van der Waals surface area contributed by atoms with Crippen LogP contribution in [0.4, 0.5) is 0 Å². The number of furan rings is 1. The maximum Gasteiger partial charge on any atom is 0.224 e. The van der Waals surface area contributed by atoms with Gasteiger partial charge in [0, 0.05) is 31.2 Å². The van der Waals surface area contributed by atoms with E-state index in [1.54, 1.807) is 12.3 Å². The summed E-state index contributed by atoms with van der Waals surface area (Å²) >= 11 is 6.07. The minimum atomic E-state index is -0.0523. The molecule has 2 aromatic heterocycles. The van der Waals surface area contributed by atoms with Crippen molar-refractivity contribution in [1.82, 2.24) is 14.9 Å². The molecule has 3 aromatic rings. The van der Waals surface area contributed by atoms with Gasteiger partial charge in [0.25, 0.3) is 0 Å². The molecule has 5 nitrogen and oxygen atoms in total. The summed E-state index contributed by atoms with van der Waals surface area (Å²) in [5.41, 5.74) is 1.62. The van der Waals surface area contributed by atoms with Gasteiger partial charge in [-0.3, -0.25) is 4.79 Å². The fraction of sp³-hybridized carbons (Fsp3) is 0.222. The molecule has 1 N–H and O–H groups in total. The third kappa shape index (κ3) is 3.86. The number of nitrogens with one attached hydrogen (secondary N) is 1. The van der Waals surface area contributed by atoms with Gasteiger partial charge in [-0.15, -0.1) is 0 Å². The van der Waals surface area contributed by atoms with E-state index in [1.807, 2.05) is 48.1 Å². The highest BCUT2D eigenvalue weighted by Crippen LogP contribution is 2.18. The second-order valence-corrected chi connectivity index (χ2v) is 5.91. The molecule has 3 rings (SSSR count). The normalized spacial score (nSPS) is 10.8. The van der Waals surface area contributed by atoms with Crippen molar-refractivity contribution in [1.29, 1.82) is 0 Å². The van der Waals surface area contributed by atoms with Gasteiger partial charge in [0.1, 0.15) is 11.5 Å². The summed E-state index contributed by atoms with van der Waals surface area (Å²) in [4.78, 5) is 16.6. The summed E-state index contributed by atoms with van der Waals surface area (Å²) in [5, 5.41) is 3.51. The van der Waals surface area contributed by atoms with Crippen LogP contribution in [0, 0.1) is 0 Å². The molecule has 24 heavy (non-hydrogen) atoms. The molecule has 0 radical (unpaired) electrons. The zero-order chi connectivity index (χ0) is 16.9. The number of hydrogen-bond donors (Lipinski definition) is 1. The lowest BCUT2D eigenvalue weighted by atomic mass is 10.1. The molecule has 0 fully saturated rings. The molecule has 1 aromatic carbocycles. The van der Waals surface area contributed by atoms with Crippen molar-refractivity contribution in [2.45, 2.75) is 12.8 Å². The fourth-order valence-electron chi connectivity index (χ4n) is 2.47. The number of hydrogen-bond acceptors (Lipinski definition) is 3. The van der Waals surface area contributed by atoms with Crippen LogP contribution in [0.5, 0.6) is 0 Å². The van der Waals surface area contributed by atoms with E-state index in [4.69, 9.17) is 16.0 Å². The molecule has 0 aliphatic heterocycles. The molecule has 0 aliphatic rings. The molecule has 2 heterocycles. The monoisotopic (exact) mass is 343 g/mol. The highest BCUT2D eigenvalue weighted by Gasteiger charge is 2.10. The van der Waals surface area contributed by atoms with Crippen molar-refractivity contribution in [3.63, 3.8) is 0 Å². The molecule has 0 spiro atoms. The van der Waals surface area contributed by atoms with Gasteiger partial charge in [-0.1, -0.05) is 29.8 Å². The highest BCUT2D eigenvalue weighted by molar-refractivity contribution is 6.31. The third-order valence-electron chi connectivity index (χ3n) is 3.73. The first-order chi connectivity index (χ1) is 11.6. The maximum absolute atomic E-state index is 12.0. The van der Waals surface area contributed by atoms with Gasteiger partial charge in [0.05, 0.1) is 12.7 Å². The molecular formula is C18H18ClN3O2. The zero-order valence-electron chi connectivity index (χ0n) is 13.3. The summed E-state index contributed by atoms with van der Waals surface area (Å²) in [6.45, 7) is 0.520. The number of rotatable bonds is 6. The van der Waals surface area contributed by atoms with Gasteiger partial charge in [-0.25, -0.2) is 4.98 Å². The van der Waals surface area contributed by atoms with Crippen LogP contribution >= 0.6 is 11.6 Å². The van der Waals surface area contributed by atoms with Gasteiger partial charge >= 0.3 is 0 Å². The number of benzene rings is 1. The molecule has 0 unspecified atom stereocenters. The van der Waals surface area contributed by atoms with Gasteiger partial charge in [-0.05, 0) is 23.8 Å². The Morgan fingerprint density at radius 2 is 2.12 bits per heavy atom. The molecule has 0 saturated carbocycles. The molecule has 124 valence electrons. The SMILES string of the molecule is Cn1cc(-c2ccco2)nc1CCNC(=O)Cc1ccccc1Cl. The summed E-state index contributed by atoms with van der Waals surface area (Å²) < 4.78 is 7.29. The van der Waals surface area contributed by atoms with E-state index in [1.165, 1.54) is 0 Å². The van der Waals surface area contributed by atoms with Crippen LogP contribution in [-0.4, -0.2) is 22.0 Å². The van der Waals surface area contributed by atoms with E-state index in [0.717, 1.165) is 22.8 Å². The lowest BCUT2D eigenvalue weighted by Gasteiger charge is -2.06. The van der Waals surface area contributed by atoms with E-state index < -0.39 is 0 Å². The second kappa shape index (κ2) is 7.36. The molecular weight excluding hydrogens is 326 g/mol. The lowest BCUT2D eigenvalue weighted by molar-refractivity contribution is -0.120. The van der Waals surface area contributed by atoms with Gasteiger partial charge in [-0.2, -0.15) is 0 Å². The summed E-state index contributed by atoms with van der Waals surface area (Å²) in [6, 6.07) is 11.1. The number of amides is 1. The molecule has 0 atom stereocenters. The first-order valence-electron chi connectivity index (χ1n) is 7.69. The standard InChI is InChI=1S/C18H18ClN3O2/c1-22-12-15(16-7-4-10-24-16)21-17(22)8-9-20-18(23)11-13-5-2-3-6-14(13)19/h2-7,10,12H,8-9,11H2,1H3,(H,20,23). The Labute approximate surface area is 145 Å². The highest BCUT2D eigenvalue weighted by atomic mass is 35.5. The molecule has 6 heteroatoms. The Kier molecular flexibility index (Phi) is 5.01. The van der Waals surface area contributed by atoms with Crippen molar-refractivity contribution in [2.75, 3.05) is 6.54 Å². The summed E-state index contributed by atoms with van der Waals surface area (Å²) in [6.07, 6.45) is 4.46. The largest absolute Gasteiger partial charge is 0.463 e. The number of halogens is 1. The average molecular weight is 344 g/mol. The van der Waals surface area contributed by atoms with E-state index in [2.05, 4.69) is 10.3 Å². The molecule has 0 saturated heterocycles. The van der Waals surface area contributed by atoms with E-state index >= 15 is 0 Å². The van der Waals surface area contributed by atoms with Crippen LogP contribution in [0.25, 0.3) is 11.5 Å². The number of aryl methyl sites for hydroxylation is 1. The number of aromatic nitrogens is 2. The Bertz CT molecular complexity index is 825. The fourth-order valence-corrected chi connectivity index (χ4v) is 2.67. The quantitative estimate of drug-likeness (QED) is 0.747. The minimum absolute atomic E-state index is 0.0523. The number of carbonyl (C=O) groups excluding carboxylic acids is 1. The van der Waals surface area contributed by atoms with Crippen LogP contribution in [-0.2, 0) is 24.7 Å². The van der Waals surface area contributed by atoms with E-state index in [0.29, 0.717) is 18.0 Å². The second-order valence-electron chi connectivity index (χ2n) is 5.50. The Morgan fingerprint density at radius 3 is 2.88 bits per heavy atom. The Balaban J connectivity index is 1.53. The Hall–Kier alpha value is -2.53. The predicted molar refractivity (Wildman–Crippen MR) is 92.8 cm³/mol. The molecule has 1 amide bonds. The van der Waals surface area contributed by atoms with Crippen LogP contribution in [0.15, 0.2) is 53.3 Å². The van der Waals surface area contributed by atoms with Gasteiger partial charge < -0.3 is 14.3 Å².